The fourth-order valence-electron chi connectivity index (χ4n) is 10.6. The molecule has 12 rings (SSSR count). The number of carbonyl (C=O) groups is 2. The Morgan fingerprint density at radius 3 is 1.44 bits per heavy atom. The summed E-state index contributed by atoms with van der Waals surface area (Å²) in [5.41, 5.74) is 0.645. The summed E-state index contributed by atoms with van der Waals surface area (Å²) in [7, 11) is 0. The molecule has 0 aromatic heterocycles. The van der Waals surface area contributed by atoms with Crippen molar-refractivity contribution in [2.45, 2.75) is 49.4 Å². The van der Waals surface area contributed by atoms with Gasteiger partial charge in [-0.15, -0.1) is 0 Å². The summed E-state index contributed by atoms with van der Waals surface area (Å²) in [5, 5.41) is 30.7. The van der Waals surface area contributed by atoms with Gasteiger partial charge in [-0.05, 0) is 24.3 Å². The number of hydrogen-bond donors (Lipinski definition) is 3. The molecule has 4 bridgehead atoms. The Morgan fingerprint density at radius 2 is 0.983 bits per heavy atom. The average molecular weight is 937 g/mol. The molecule has 0 saturated carbocycles. The number of ether oxygens (including phenoxy) is 4. The number of rotatable bonds is 8. The third-order valence-corrected chi connectivity index (χ3v) is 13.7. The van der Waals surface area contributed by atoms with Crippen LogP contribution in [0, 0.1) is 11.8 Å². The first-order valence-corrected chi connectivity index (χ1v) is 20.5. The van der Waals surface area contributed by atoms with E-state index < -0.39 is 17.5 Å². The predicted octanol–water partition coefficient (Wildman–Crippen LogP) is -0.751. The fourth-order valence-corrected chi connectivity index (χ4v) is 10.6. The summed E-state index contributed by atoms with van der Waals surface area (Å²) in [6, 6.07) is 29.5. The maximum Gasteiger partial charge on any atom is 0.348 e. The number of halogens is 2. The van der Waals surface area contributed by atoms with Crippen LogP contribution in [0.15, 0.2) is 97.1 Å². The molecular weight excluding hydrogens is 884 g/mol. The molecule has 59 heavy (non-hydrogen) atoms. The van der Waals surface area contributed by atoms with Crippen LogP contribution in [0.5, 0.6) is 23.0 Å². The Labute approximate surface area is 366 Å². The summed E-state index contributed by atoms with van der Waals surface area (Å²) < 4.78 is 25.8. The molecule has 6 fully saturated rings. The van der Waals surface area contributed by atoms with Crippen molar-refractivity contribution in [2.75, 3.05) is 65.6 Å². The normalized spacial score (nSPS) is 27.5. The molecular formula is C46H52Br2N2O9. The lowest BCUT2D eigenvalue weighted by Crippen LogP contribution is -3.00. The Kier molecular flexibility index (Phi) is 12.9. The van der Waals surface area contributed by atoms with E-state index in [1.54, 1.807) is 36.4 Å². The number of aliphatic hydroxyl groups excluding tert-OH is 2. The van der Waals surface area contributed by atoms with Gasteiger partial charge in [0.25, 0.3) is 0 Å². The molecule has 13 heteroatoms. The number of piperidine rings is 6. The largest absolute Gasteiger partial charge is 1.00 e. The van der Waals surface area contributed by atoms with E-state index in [1.165, 1.54) is 0 Å². The molecule has 8 aliphatic heterocycles. The first kappa shape index (κ1) is 43.3. The number of hydrogen-bond acceptors (Lipinski definition) is 9. The van der Waals surface area contributed by atoms with Gasteiger partial charge in [0, 0.05) is 59.8 Å². The summed E-state index contributed by atoms with van der Waals surface area (Å²) in [6.07, 6.45) is 3.78. The number of quaternary nitrogens is 2. The number of para-hydroxylation sites is 4. The van der Waals surface area contributed by atoms with Crippen LogP contribution in [0.4, 0.5) is 0 Å². The molecule has 0 unspecified atom stereocenters. The third-order valence-electron chi connectivity index (χ3n) is 13.7. The summed E-state index contributed by atoms with van der Waals surface area (Å²) >= 11 is 0. The second kappa shape index (κ2) is 17.6. The summed E-state index contributed by atoms with van der Waals surface area (Å²) in [4.78, 5) is 26.9. The molecule has 0 aliphatic carbocycles. The minimum Gasteiger partial charge on any atom is -1.00 e. The molecule has 4 aromatic rings. The highest BCUT2D eigenvalue weighted by molar-refractivity contribution is 5.89. The SMILES string of the molecule is O=C(O[C@H]1C[N+]2(CCO)CCC1CC2)C1(O)c2ccccc2Oc2ccccc21.O=C(O[C@H]1C[N+]2(CCO)CCC1CC2)C1c2ccccc2Oc2ccccc21.[Br-].[Br-]. The van der Waals surface area contributed by atoms with Crippen LogP contribution in [0.2, 0.25) is 0 Å². The highest BCUT2D eigenvalue weighted by Gasteiger charge is 2.53. The summed E-state index contributed by atoms with van der Waals surface area (Å²) in [6.45, 7) is 7.49. The lowest BCUT2D eigenvalue weighted by atomic mass is 9.81. The molecule has 0 amide bonds. The zero-order valence-electron chi connectivity index (χ0n) is 33.0. The topological polar surface area (TPSA) is 132 Å². The van der Waals surface area contributed by atoms with Gasteiger partial charge in [0.15, 0.2) is 12.2 Å². The van der Waals surface area contributed by atoms with Crippen molar-refractivity contribution in [1.29, 1.82) is 0 Å². The van der Waals surface area contributed by atoms with Crippen LogP contribution >= 0.6 is 0 Å². The highest BCUT2D eigenvalue weighted by atomic mass is 79.9. The van der Waals surface area contributed by atoms with Crippen molar-refractivity contribution >= 4 is 11.9 Å². The molecule has 3 N–H and O–H groups in total. The van der Waals surface area contributed by atoms with E-state index in [0.29, 0.717) is 47.6 Å². The van der Waals surface area contributed by atoms with Crippen molar-refractivity contribution in [3.63, 3.8) is 0 Å². The Hall–Kier alpha value is -3.82. The van der Waals surface area contributed by atoms with Gasteiger partial charge in [0.1, 0.15) is 55.1 Å². The number of fused-ring (bicyclic) bond motifs is 10. The van der Waals surface area contributed by atoms with Gasteiger partial charge in [-0.3, -0.25) is 4.79 Å². The Balaban J connectivity index is 0.000000173. The van der Waals surface area contributed by atoms with E-state index in [4.69, 9.17) is 18.9 Å². The second-order valence-electron chi connectivity index (χ2n) is 16.8. The minimum atomic E-state index is -1.90. The molecule has 6 saturated heterocycles. The van der Waals surface area contributed by atoms with Gasteiger partial charge in [-0.25, -0.2) is 4.79 Å². The molecule has 2 atom stereocenters. The van der Waals surface area contributed by atoms with Crippen molar-refractivity contribution in [2.24, 2.45) is 11.8 Å². The molecule has 4 aromatic carbocycles. The lowest BCUT2D eigenvalue weighted by molar-refractivity contribution is -0.946. The van der Waals surface area contributed by atoms with Crippen molar-refractivity contribution in [3.8, 4) is 23.0 Å². The quantitative estimate of drug-likeness (QED) is 0.155. The molecule has 8 heterocycles. The van der Waals surface area contributed by atoms with Crippen molar-refractivity contribution in [1.82, 2.24) is 0 Å². The van der Waals surface area contributed by atoms with Gasteiger partial charge in [-0.2, -0.15) is 0 Å². The van der Waals surface area contributed by atoms with E-state index in [0.717, 1.165) is 96.5 Å². The molecule has 8 aliphatic rings. The van der Waals surface area contributed by atoms with Gasteiger partial charge in [0.05, 0.1) is 39.4 Å². The van der Waals surface area contributed by atoms with Crippen molar-refractivity contribution in [3.05, 3.63) is 119 Å². The number of esters is 2. The van der Waals surface area contributed by atoms with Crippen LogP contribution in [-0.2, 0) is 24.7 Å². The van der Waals surface area contributed by atoms with Crippen molar-refractivity contribution < 1.29 is 86.8 Å². The summed E-state index contributed by atoms with van der Waals surface area (Å²) in [5.74, 6) is 1.82. The smallest absolute Gasteiger partial charge is 0.348 e. The van der Waals surface area contributed by atoms with E-state index >= 15 is 0 Å². The zero-order valence-corrected chi connectivity index (χ0v) is 36.1. The van der Waals surface area contributed by atoms with Gasteiger partial charge >= 0.3 is 11.9 Å². The van der Waals surface area contributed by atoms with E-state index in [2.05, 4.69) is 0 Å². The monoisotopic (exact) mass is 934 g/mol. The van der Waals surface area contributed by atoms with Crippen LogP contribution in [-0.4, -0.2) is 114 Å². The average Bonchev–Trinajstić information content (AvgIpc) is 3.24. The van der Waals surface area contributed by atoms with Gasteiger partial charge in [-0.1, -0.05) is 72.8 Å². The highest BCUT2D eigenvalue weighted by Crippen LogP contribution is 2.49. The molecule has 314 valence electrons. The van der Waals surface area contributed by atoms with Crippen LogP contribution in [0.25, 0.3) is 0 Å². The zero-order chi connectivity index (χ0) is 39.2. The van der Waals surface area contributed by atoms with Crippen LogP contribution in [0.3, 0.4) is 0 Å². The standard InChI is InChI=1S/C23H26NO5.C23H26NO4.2BrH/c25-14-13-24-11-9-16(10-12-24)21(15-24)29-22(26)23(27)17-5-1-3-7-19(17)28-20-8-4-2-6-18(20)23;25-14-13-24-11-9-16(10-12-24)21(15-24)28-23(26)22-17-5-1-3-7-19(17)27-20-8-4-2-6-18(20)22;;/h1-8,16,21,25,27H,9-15H2;1-8,16,21-22,25H,9-15H2;2*1H/q2*+1;;/p-2/t2*16?,21-,24?;;/m00../s1. The lowest BCUT2D eigenvalue weighted by Gasteiger charge is -2.52. The van der Waals surface area contributed by atoms with Crippen LogP contribution < -0.4 is 43.4 Å². The maximum absolute atomic E-state index is 13.5. The number of aliphatic hydroxyl groups is 3. The molecule has 0 spiro atoms. The number of carbonyl (C=O) groups excluding carboxylic acids is 2. The van der Waals surface area contributed by atoms with Gasteiger partial charge < -0.3 is 77.2 Å². The Morgan fingerprint density at radius 1 is 0.593 bits per heavy atom. The van der Waals surface area contributed by atoms with E-state index in [1.807, 2.05) is 60.7 Å². The van der Waals surface area contributed by atoms with Gasteiger partial charge in [0.2, 0.25) is 5.60 Å². The van der Waals surface area contributed by atoms with E-state index in [9.17, 15) is 24.9 Å². The van der Waals surface area contributed by atoms with Crippen LogP contribution in [0.1, 0.15) is 53.9 Å². The first-order valence-electron chi connectivity index (χ1n) is 20.5. The maximum atomic E-state index is 13.5. The number of nitrogens with zero attached hydrogens (tertiary/aromatic N) is 2. The third kappa shape index (κ3) is 7.95. The fraction of sp³-hybridized carbons (Fsp3) is 0.435. The first-order chi connectivity index (χ1) is 27.7. The van der Waals surface area contributed by atoms with E-state index in [-0.39, 0.29) is 65.4 Å². The molecule has 11 nitrogen and oxygen atoms in total. The minimum absolute atomic E-state index is 0. The molecule has 0 radical (unpaired) electrons. The number of benzene rings is 4. The Bertz CT molecular complexity index is 2030. The second-order valence-corrected chi connectivity index (χ2v) is 16.8. The predicted molar refractivity (Wildman–Crippen MR) is 210 cm³/mol.